The van der Waals surface area contributed by atoms with Gasteiger partial charge in [0.2, 0.25) is 0 Å². The van der Waals surface area contributed by atoms with Crippen LogP contribution in [0.25, 0.3) is 5.65 Å². The zero-order valence-electron chi connectivity index (χ0n) is 9.87. The van der Waals surface area contributed by atoms with Crippen LogP contribution in [0, 0.1) is 20.8 Å². The molecule has 0 aliphatic rings. The fourth-order valence-corrected chi connectivity index (χ4v) is 1.87. The molecule has 0 spiro atoms. The molecule has 0 amide bonds. The fraction of sp³-hybridized carbons (Fsp3) is 0.333. The van der Waals surface area contributed by atoms with Crippen molar-refractivity contribution in [3.8, 4) is 0 Å². The van der Waals surface area contributed by atoms with Gasteiger partial charge < -0.3 is 4.74 Å². The molecule has 2 aromatic heterocycles. The van der Waals surface area contributed by atoms with Crippen LogP contribution in [-0.2, 0) is 4.74 Å². The number of esters is 1. The summed E-state index contributed by atoms with van der Waals surface area (Å²) >= 11 is 0. The molecule has 2 aromatic rings. The molecule has 0 atom stereocenters. The molecule has 0 aliphatic heterocycles. The zero-order valence-corrected chi connectivity index (χ0v) is 9.87. The van der Waals surface area contributed by atoms with E-state index in [0.29, 0.717) is 11.4 Å². The van der Waals surface area contributed by atoms with Crippen molar-refractivity contribution in [2.45, 2.75) is 20.8 Å². The Balaban J connectivity index is 2.88. The predicted molar refractivity (Wildman–Crippen MR) is 60.7 cm³/mol. The van der Waals surface area contributed by atoms with Gasteiger partial charge in [0.25, 0.3) is 0 Å². The highest BCUT2D eigenvalue weighted by Gasteiger charge is 2.18. The Kier molecular flexibility index (Phi) is 2.42. The third-order valence-corrected chi connectivity index (χ3v) is 2.71. The van der Waals surface area contributed by atoms with E-state index >= 15 is 0 Å². The second-order valence-electron chi connectivity index (χ2n) is 3.85. The predicted octanol–water partition coefficient (Wildman–Crippen LogP) is 2.05. The number of nitrogens with zero attached hydrogens (tertiary/aromatic N) is 2. The topological polar surface area (TPSA) is 43.6 Å². The standard InChI is InChI=1S/C12H14N2O2/c1-7-5-6-8(2)14-10(12(15)16-4)9(3)13-11(7)14/h5-6H,1-4H3. The van der Waals surface area contributed by atoms with Crippen molar-refractivity contribution < 1.29 is 9.53 Å². The lowest BCUT2D eigenvalue weighted by Gasteiger charge is -2.05. The summed E-state index contributed by atoms with van der Waals surface area (Å²) in [4.78, 5) is 16.1. The van der Waals surface area contributed by atoms with Crippen molar-refractivity contribution in [1.29, 1.82) is 0 Å². The molecule has 84 valence electrons. The van der Waals surface area contributed by atoms with Gasteiger partial charge in [0.1, 0.15) is 5.65 Å². The molecule has 0 aliphatic carbocycles. The number of carbonyl (C=O) groups is 1. The lowest BCUT2D eigenvalue weighted by Crippen LogP contribution is -2.08. The summed E-state index contributed by atoms with van der Waals surface area (Å²) in [5.41, 5.74) is 4.05. The number of hydrogen-bond donors (Lipinski definition) is 0. The van der Waals surface area contributed by atoms with Gasteiger partial charge in [-0.3, -0.25) is 4.40 Å². The van der Waals surface area contributed by atoms with E-state index in [0.717, 1.165) is 16.9 Å². The molecule has 0 saturated carbocycles. The molecular weight excluding hydrogens is 204 g/mol. The van der Waals surface area contributed by atoms with E-state index in [1.54, 1.807) is 0 Å². The van der Waals surface area contributed by atoms with Crippen LogP contribution in [0.3, 0.4) is 0 Å². The number of carbonyl (C=O) groups excluding carboxylic acids is 1. The highest BCUT2D eigenvalue weighted by molar-refractivity contribution is 5.90. The summed E-state index contributed by atoms with van der Waals surface area (Å²) in [5.74, 6) is -0.348. The van der Waals surface area contributed by atoms with Gasteiger partial charge in [0, 0.05) is 5.69 Å². The summed E-state index contributed by atoms with van der Waals surface area (Å²) in [6.45, 7) is 5.74. The van der Waals surface area contributed by atoms with E-state index < -0.39 is 0 Å². The highest BCUT2D eigenvalue weighted by Crippen LogP contribution is 2.18. The number of ether oxygens (including phenoxy) is 1. The third-order valence-electron chi connectivity index (χ3n) is 2.71. The van der Waals surface area contributed by atoms with Crippen LogP contribution >= 0.6 is 0 Å². The maximum absolute atomic E-state index is 11.7. The van der Waals surface area contributed by atoms with Crippen molar-refractivity contribution in [1.82, 2.24) is 9.38 Å². The monoisotopic (exact) mass is 218 g/mol. The van der Waals surface area contributed by atoms with Gasteiger partial charge in [-0.1, -0.05) is 6.07 Å². The van der Waals surface area contributed by atoms with E-state index in [1.165, 1.54) is 7.11 Å². The average Bonchev–Trinajstić information content (AvgIpc) is 2.61. The van der Waals surface area contributed by atoms with E-state index in [2.05, 4.69) is 4.98 Å². The van der Waals surface area contributed by atoms with Gasteiger partial charge in [-0.15, -0.1) is 0 Å². The van der Waals surface area contributed by atoms with Crippen LogP contribution in [0.2, 0.25) is 0 Å². The SMILES string of the molecule is COC(=O)c1c(C)nc2c(C)ccc(C)n12. The zero-order chi connectivity index (χ0) is 11.9. The van der Waals surface area contributed by atoms with Crippen molar-refractivity contribution in [2.24, 2.45) is 0 Å². The molecule has 0 saturated heterocycles. The van der Waals surface area contributed by atoms with Gasteiger partial charge in [0.15, 0.2) is 5.69 Å². The quantitative estimate of drug-likeness (QED) is 0.688. The molecule has 16 heavy (non-hydrogen) atoms. The maximum atomic E-state index is 11.7. The summed E-state index contributed by atoms with van der Waals surface area (Å²) < 4.78 is 6.62. The number of rotatable bonds is 1. The minimum absolute atomic E-state index is 0.348. The Labute approximate surface area is 93.9 Å². The number of aryl methyl sites for hydroxylation is 3. The number of aromatic nitrogens is 2. The van der Waals surface area contributed by atoms with Crippen LogP contribution in [0.4, 0.5) is 0 Å². The number of fused-ring (bicyclic) bond motifs is 1. The van der Waals surface area contributed by atoms with Gasteiger partial charge in [0.05, 0.1) is 12.8 Å². The number of methoxy groups -OCH3 is 1. The lowest BCUT2D eigenvalue weighted by atomic mass is 10.2. The normalized spacial score (nSPS) is 10.8. The smallest absolute Gasteiger partial charge is 0.356 e. The number of imidazole rings is 1. The van der Waals surface area contributed by atoms with Crippen LogP contribution < -0.4 is 0 Å². The Morgan fingerprint density at radius 2 is 2.00 bits per heavy atom. The van der Waals surface area contributed by atoms with Crippen molar-refractivity contribution in [3.05, 3.63) is 34.8 Å². The molecular formula is C12H14N2O2. The van der Waals surface area contributed by atoms with Gasteiger partial charge in [-0.05, 0) is 32.4 Å². The van der Waals surface area contributed by atoms with Gasteiger partial charge >= 0.3 is 5.97 Å². The summed E-state index contributed by atoms with van der Waals surface area (Å²) in [5, 5.41) is 0. The molecule has 0 bridgehead atoms. The van der Waals surface area contributed by atoms with Gasteiger partial charge in [-0.25, -0.2) is 9.78 Å². The second-order valence-corrected chi connectivity index (χ2v) is 3.85. The van der Waals surface area contributed by atoms with Crippen molar-refractivity contribution in [3.63, 3.8) is 0 Å². The first-order valence-corrected chi connectivity index (χ1v) is 5.10. The maximum Gasteiger partial charge on any atom is 0.356 e. The Morgan fingerprint density at radius 1 is 1.31 bits per heavy atom. The first-order chi connectivity index (χ1) is 7.56. The van der Waals surface area contributed by atoms with Crippen LogP contribution in [0.5, 0.6) is 0 Å². The summed E-state index contributed by atoms with van der Waals surface area (Å²) in [7, 11) is 1.38. The molecule has 4 nitrogen and oxygen atoms in total. The number of pyridine rings is 1. The Bertz CT molecular complexity index is 570. The van der Waals surface area contributed by atoms with E-state index in [9.17, 15) is 4.79 Å². The van der Waals surface area contributed by atoms with Crippen LogP contribution in [0.1, 0.15) is 27.4 Å². The fourth-order valence-electron chi connectivity index (χ4n) is 1.87. The summed E-state index contributed by atoms with van der Waals surface area (Å²) in [6.07, 6.45) is 0. The first-order valence-electron chi connectivity index (χ1n) is 5.10. The minimum atomic E-state index is -0.348. The first kappa shape index (κ1) is 10.7. The Hall–Kier alpha value is -1.84. The lowest BCUT2D eigenvalue weighted by molar-refractivity contribution is 0.0591. The molecule has 0 radical (unpaired) electrons. The number of hydrogen-bond acceptors (Lipinski definition) is 3. The molecule has 0 fully saturated rings. The van der Waals surface area contributed by atoms with Gasteiger partial charge in [-0.2, -0.15) is 0 Å². The van der Waals surface area contributed by atoms with Crippen molar-refractivity contribution >= 4 is 11.6 Å². The third kappa shape index (κ3) is 1.38. The average molecular weight is 218 g/mol. The largest absolute Gasteiger partial charge is 0.464 e. The van der Waals surface area contributed by atoms with Crippen LogP contribution in [0.15, 0.2) is 12.1 Å². The molecule has 0 N–H and O–H groups in total. The van der Waals surface area contributed by atoms with E-state index in [4.69, 9.17) is 4.74 Å². The Morgan fingerprint density at radius 3 is 2.62 bits per heavy atom. The molecule has 2 rings (SSSR count). The molecule has 0 aromatic carbocycles. The van der Waals surface area contributed by atoms with Crippen molar-refractivity contribution in [2.75, 3.05) is 7.11 Å². The highest BCUT2D eigenvalue weighted by atomic mass is 16.5. The van der Waals surface area contributed by atoms with E-state index in [-0.39, 0.29) is 5.97 Å². The molecule has 0 unspecified atom stereocenters. The molecule has 4 heteroatoms. The summed E-state index contributed by atoms with van der Waals surface area (Å²) in [6, 6.07) is 3.97. The van der Waals surface area contributed by atoms with Crippen LogP contribution in [-0.4, -0.2) is 22.5 Å². The van der Waals surface area contributed by atoms with E-state index in [1.807, 2.05) is 37.3 Å². The second kappa shape index (κ2) is 3.63. The molecule has 2 heterocycles. The minimum Gasteiger partial charge on any atom is -0.464 e.